The molecule has 1 heterocycles. The fourth-order valence-electron chi connectivity index (χ4n) is 8.87. The van der Waals surface area contributed by atoms with Crippen LogP contribution in [0.25, 0.3) is 0 Å². The first-order valence-corrected chi connectivity index (χ1v) is 18.1. The molecule has 1 spiro atoms. The summed E-state index contributed by atoms with van der Waals surface area (Å²) in [4.78, 5) is 0. The molecule has 43 heavy (non-hydrogen) atoms. The minimum Gasteiger partial charge on any atom is -0.407 e. The Labute approximate surface area is 261 Å². The van der Waals surface area contributed by atoms with Crippen molar-refractivity contribution in [1.82, 2.24) is 0 Å². The Hall–Kier alpha value is -1.80. The third-order valence-electron chi connectivity index (χ3n) is 11.3. The largest absolute Gasteiger partial charge is 0.407 e. The van der Waals surface area contributed by atoms with Crippen LogP contribution in [0.5, 0.6) is 0 Å². The molecule has 1 aliphatic heterocycles. The maximum atomic E-state index is 7.71. The third-order valence-corrected chi connectivity index (χ3v) is 16.3. The molecule has 0 bridgehead atoms. The standard InChI is InChI=1S/C37H54O5Si/c1-28-24-36(20-15-21-39-27-38-8)32(29(2)37(40-22-23-41-37)25-33(36)35(28,6)7)26-42-43(34(3,4)5,30-16-11-9-12-17-30)31-18-13-10-14-19-31/h9-14,16-19,24,29,32-33H,15,20-23,25-27H2,1-8H3/t29-,32+,33+,36+/m1/s1. The average Bonchev–Trinajstić information content (AvgIpc) is 3.53. The van der Waals surface area contributed by atoms with Gasteiger partial charge in [0.15, 0.2) is 5.79 Å². The van der Waals surface area contributed by atoms with Crippen LogP contribution in [-0.2, 0) is 23.4 Å². The number of hydrogen-bond donors (Lipinski definition) is 0. The summed E-state index contributed by atoms with van der Waals surface area (Å²) in [7, 11) is -1.05. The van der Waals surface area contributed by atoms with E-state index in [0.717, 1.165) is 19.3 Å². The van der Waals surface area contributed by atoms with Crippen molar-refractivity contribution in [3.8, 4) is 0 Å². The van der Waals surface area contributed by atoms with Crippen molar-refractivity contribution in [3.05, 3.63) is 72.3 Å². The third kappa shape index (κ3) is 5.62. The summed E-state index contributed by atoms with van der Waals surface area (Å²) in [5.74, 6) is 0.188. The Balaban J connectivity index is 1.61. The normalized spacial score (nSPS) is 28.2. The van der Waals surface area contributed by atoms with E-state index in [4.69, 9.17) is 23.4 Å². The first kappa shape index (κ1) is 32.6. The lowest BCUT2D eigenvalue weighted by Gasteiger charge is -2.58. The van der Waals surface area contributed by atoms with E-state index in [1.54, 1.807) is 7.11 Å². The van der Waals surface area contributed by atoms with Crippen LogP contribution >= 0.6 is 0 Å². The number of rotatable bonds is 11. The lowest BCUT2D eigenvalue weighted by molar-refractivity contribution is -0.264. The van der Waals surface area contributed by atoms with Gasteiger partial charge < -0.3 is 23.4 Å². The van der Waals surface area contributed by atoms with Gasteiger partial charge in [-0.25, -0.2) is 0 Å². The molecular weight excluding hydrogens is 552 g/mol. The highest BCUT2D eigenvalue weighted by Crippen LogP contribution is 2.67. The molecule has 0 unspecified atom stereocenters. The zero-order chi connectivity index (χ0) is 30.9. The Morgan fingerprint density at radius 3 is 2.05 bits per heavy atom. The highest BCUT2D eigenvalue weighted by atomic mass is 28.4. The highest BCUT2D eigenvalue weighted by molar-refractivity contribution is 6.99. The molecule has 6 heteroatoms. The smallest absolute Gasteiger partial charge is 0.261 e. The van der Waals surface area contributed by atoms with E-state index in [0.29, 0.717) is 39.1 Å². The maximum Gasteiger partial charge on any atom is 0.261 e. The maximum absolute atomic E-state index is 7.71. The van der Waals surface area contributed by atoms with E-state index in [1.807, 2.05) is 0 Å². The van der Waals surface area contributed by atoms with E-state index in [-0.39, 0.29) is 27.7 Å². The second-order valence-corrected chi connectivity index (χ2v) is 19.0. The van der Waals surface area contributed by atoms with Crippen LogP contribution in [0.15, 0.2) is 72.3 Å². The minimum absolute atomic E-state index is 0.0332. The van der Waals surface area contributed by atoms with Gasteiger partial charge in [-0.15, -0.1) is 0 Å². The molecule has 2 aromatic rings. The number of hydrogen-bond acceptors (Lipinski definition) is 5. The fourth-order valence-corrected chi connectivity index (χ4v) is 13.5. The van der Waals surface area contributed by atoms with Gasteiger partial charge in [-0.2, -0.15) is 0 Å². The van der Waals surface area contributed by atoms with E-state index in [9.17, 15) is 0 Å². The molecule has 0 amide bonds. The molecule has 1 saturated carbocycles. The van der Waals surface area contributed by atoms with Gasteiger partial charge in [0.1, 0.15) is 6.79 Å². The first-order chi connectivity index (χ1) is 20.4. The minimum atomic E-state index is -2.74. The van der Waals surface area contributed by atoms with Gasteiger partial charge >= 0.3 is 0 Å². The molecule has 2 aromatic carbocycles. The Morgan fingerprint density at radius 2 is 1.51 bits per heavy atom. The van der Waals surface area contributed by atoms with Crippen molar-refractivity contribution in [3.63, 3.8) is 0 Å². The second-order valence-electron chi connectivity index (χ2n) is 14.7. The van der Waals surface area contributed by atoms with Gasteiger partial charge in [-0.05, 0) is 57.8 Å². The van der Waals surface area contributed by atoms with Crippen LogP contribution in [0.3, 0.4) is 0 Å². The van der Waals surface area contributed by atoms with E-state index >= 15 is 0 Å². The van der Waals surface area contributed by atoms with Crippen molar-refractivity contribution in [2.75, 3.05) is 40.3 Å². The molecule has 0 radical (unpaired) electrons. The van der Waals surface area contributed by atoms with Crippen LogP contribution in [-0.4, -0.2) is 54.4 Å². The molecule has 236 valence electrons. The predicted octanol–water partition coefficient (Wildman–Crippen LogP) is 6.95. The molecule has 1 saturated heterocycles. The highest BCUT2D eigenvalue weighted by Gasteiger charge is 2.66. The Morgan fingerprint density at radius 1 is 0.930 bits per heavy atom. The number of methoxy groups -OCH3 is 1. The molecule has 5 rings (SSSR count). The monoisotopic (exact) mass is 606 g/mol. The lowest BCUT2D eigenvalue weighted by Crippen LogP contribution is -2.68. The van der Waals surface area contributed by atoms with Gasteiger partial charge in [0.25, 0.3) is 8.32 Å². The summed E-state index contributed by atoms with van der Waals surface area (Å²) < 4.78 is 31.9. The number of benzene rings is 2. The summed E-state index contributed by atoms with van der Waals surface area (Å²) >= 11 is 0. The van der Waals surface area contributed by atoms with Gasteiger partial charge in [0.2, 0.25) is 0 Å². The summed E-state index contributed by atoms with van der Waals surface area (Å²) in [6, 6.07) is 22.0. The van der Waals surface area contributed by atoms with E-state index < -0.39 is 14.1 Å². The fraction of sp³-hybridized carbons (Fsp3) is 0.622. The first-order valence-electron chi connectivity index (χ1n) is 16.2. The van der Waals surface area contributed by atoms with Gasteiger partial charge in [-0.1, -0.05) is 114 Å². The van der Waals surface area contributed by atoms with Crippen molar-refractivity contribution >= 4 is 18.7 Å². The van der Waals surface area contributed by atoms with Gasteiger partial charge in [0.05, 0.1) is 13.2 Å². The summed E-state index contributed by atoms with van der Waals surface area (Å²) in [5.41, 5.74) is 1.45. The zero-order valence-corrected chi connectivity index (χ0v) is 28.8. The summed E-state index contributed by atoms with van der Waals surface area (Å²) in [6.45, 7) is 19.6. The van der Waals surface area contributed by atoms with Crippen molar-refractivity contribution in [1.29, 1.82) is 0 Å². The molecule has 4 atom stereocenters. The topological polar surface area (TPSA) is 46.2 Å². The Kier molecular flexibility index (Phi) is 9.50. The molecule has 2 fully saturated rings. The van der Waals surface area contributed by atoms with Crippen molar-refractivity contribution in [2.24, 2.45) is 28.6 Å². The quantitative estimate of drug-likeness (QED) is 0.120. The zero-order valence-electron chi connectivity index (χ0n) is 27.8. The van der Waals surface area contributed by atoms with Gasteiger partial charge in [-0.3, -0.25) is 0 Å². The predicted molar refractivity (Wildman–Crippen MR) is 176 cm³/mol. The summed E-state index contributed by atoms with van der Waals surface area (Å²) in [6.07, 6.45) is 5.55. The molecule has 3 aliphatic rings. The van der Waals surface area contributed by atoms with Crippen LogP contribution in [0.2, 0.25) is 5.04 Å². The Bertz CT molecular complexity index is 1190. The molecular formula is C37H54O5Si. The molecule has 0 N–H and O–H groups in total. The molecule has 5 nitrogen and oxygen atoms in total. The van der Waals surface area contributed by atoms with E-state index in [1.165, 1.54) is 15.9 Å². The van der Waals surface area contributed by atoms with Crippen molar-refractivity contribution in [2.45, 2.75) is 78.6 Å². The van der Waals surface area contributed by atoms with Crippen LogP contribution in [0.1, 0.15) is 67.7 Å². The molecule has 0 aromatic heterocycles. The van der Waals surface area contributed by atoms with Crippen LogP contribution < -0.4 is 10.4 Å². The van der Waals surface area contributed by atoms with Crippen LogP contribution in [0, 0.1) is 28.6 Å². The number of allylic oxidation sites excluding steroid dienone is 2. The number of ether oxygens (including phenoxy) is 4. The van der Waals surface area contributed by atoms with E-state index in [2.05, 4.69) is 115 Å². The van der Waals surface area contributed by atoms with Crippen LogP contribution in [0.4, 0.5) is 0 Å². The average molecular weight is 607 g/mol. The second kappa shape index (κ2) is 12.5. The van der Waals surface area contributed by atoms with Crippen molar-refractivity contribution < 1.29 is 23.4 Å². The van der Waals surface area contributed by atoms with Gasteiger partial charge in [0, 0.05) is 32.7 Å². The number of fused-ring (bicyclic) bond motifs is 1. The lowest BCUT2D eigenvalue weighted by atomic mass is 9.51. The summed E-state index contributed by atoms with van der Waals surface area (Å²) in [5, 5.41) is 2.54. The SMILES string of the molecule is COCOCCC[C@@]12C=C(C)C(C)(C)[C@@H]1CC1(OCCO1)[C@H](C)[C@@H]2CO[Si](c1ccccc1)(c1ccccc1)C(C)(C)C. The molecule has 2 aliphatic carbocycles.